The number of carbonyl (C=O) groups is 1. The first-order chi connectivity index (χ1) is 5.74. The first-order valence-corrected chi connectivity index (χ1v) is 4.47. The third-order valence-electron chi connectivity index (χ3n) is 2.66. The van der Waals surface area contributed by atoms with Gasteiger partial charge >= 0.3 is 6.03 Å². The van der Waals surface area contributed by atoms with E-state index in [1.54, 1.807) is 0 Å². The van der Waals surface area contributed by atoms with Crippen molar-refractivity contribution in [3.05, 3.63) is 0 Å². The van der Waals surface area contributed by atoms with Crippen LogP contribution in [0.15, 0.2) is 0 Å². The molecule has 0 saturated heterocycles. The molecule has 5 N–H and O–H groups in total. The largest absolute Gasteiger partial charge is 0.352 e. The lowest BCUT2D eigenvalue weighted by atomic mass is 9.96. The summed E-state index contributed by atoms with van der Waals surface area (Å²) in [6.07, 6.45) is 3.59. The van der Waals surface area contributed by atoms with Gasteiger partial charge in [-0.1, -0.05) is 6.42 Å². The Hall–Kier alpha value is -0.770. The standard InChI is InChI=1S/C8H17N3O/c9-4-6-2-1-3-7(6)5-11-8(10)12/h6-7H,1-5,9H2,(H3,10,11,12). The fraction of sp³-hybridized carbons (Fsp3) is 0.875. The van der Waals surface area contributed by atoms with E-state index in [-0.39, 0.29) is 0 Å². The van der Waals surface area contributed by atoms with Gasteiger partial charge in [-0.15, -0.1) is 0 Å². The molecule has 2 unspecified atom stereocenters. The Kier molecular flexibility index (Phi) is 3.34. The number of rotatable bonds is 3. The van der Waals surface area contributed by atoms with Crippen LogP contribution in [-0.2, 0) is 0 Å². The molecule has 4 nitrogen and oxygen atoms in total. The molecule has 0 bridgehead atoms. The van der Waals surface area contributed by atoms with E-state index in [1.807, 2.05) is 0 Å². The summed E-state index contributed by atoms with van der Waals surface area (Å²) in [4.78, 5) is 10.4. The molecule has 70 valence electrons. The van der Waals surface area contributed by atoms with Gasteiger partial charge < -0.3 is 16.8 Å². The lowest BCUT2D eigenvalue weighted by molar-refractivity contribution is 0.245. The molecule has 0 radical (unpaired) electrons. The maximum atomic E-state index is 10.4. The minimum absolute atomic E-state index is 0.433. The summed E-state index contributed by atoms with van der Waals surface area (Å²) in [6, 6.07) is -0.433. The number of nitrogens with one attached hydrogen (secondary N) is 1. The summed E-state index contributed by atoms with van der Waals surface area (Å²) >= 11 is 0. The van der Waals surface area contributed by atoms with Crippen molar-refractivity contribution in [1.82, 2.24) is 5.32 Å². The monoisotopic (exact) mass is 171 g/mol. The van der Waals surface area contributed by atoms with E-state index in [1.165, 1.54) is 19.3 Å². The zero-order valence-electron chi connectivity index (χ0n) is 7.25. The first-order valence-electron chi connectivity index (χ1n) is 4.47. The quantitative estimate of drug-likeness (QED) is 0.560. The summed E-state index contributed by atoms with van der Waals surface area (Å²) < 4.78 is 0. The summed E-state index contributed by atoms with van der Waals surface area (Å²) in [6.45, 7) is 1.42. The highest BCUT2D eigenvalue weighted by Gasteiger charge is 2.25. The molecule has 1 rings (SSSR count). The predicted molar refractivity (Wildman–Crippen MR) is 47.5 cm³/mol. The maximum Gasteiger partial charge on any atom is 0.312 e. The summed E-state index contributed by atoms with van der Waals surface area (Å²) in [7, 11) is 0. The van der Waals surface area contributed by atoms with Crippen LogP contribution in [0.3, 0.4) is 0 Å². The molecule has 0 aromatic rings. The molecule has 4 heteroatoms. The second-order valence-electron chi connectivity index (χ2n) is 3.43. The van der Waals surface area contributed by atoms with Gasteiger partial charge in [-0.05, 0) is 31.2 Å². The van der Waals surface area contributed by atoms with Crippen LogP contribution in [-0.4, -0.2) is 19.1 Å². The summed E-state index contributed by atoms with van der Waals surface area (Å²) in [5, 5.41) is 2.64. The second-order valence-corrected chi connectivity index (χ2v) is 3.43. The van der Waals surface area contributed by atoms with E-state index in [4.69, 9.17) is 11.5 Å². The topological polar surface area (TPSA) is 81.1 Å². The normalized spacial score (nSPS) is 28.8. The molecule has 2 atom stereocenters. The van der Waals surface area contributed by atoms with Crippen LogP contribution in [0.4, 0.5) is 4.79 Å². The van der Waals surface area contributed by atoms with Crippen molar-refractivity contribution in [2.24, 2.45) is 23.3 Å². The van der Waals surface area contributed by atoms with E-state index in [9.17, 15) is 4.79 Å². The van der Waals surface area contributed by atoms with Gasteiger partial charge in [-0.25, -0.2) is 4.79 Å². The molecule has 1 fully saturated rings. The minimum Gasteiger partial charge on any atom is -0.352 e. The van der Waals surface area contributed by atoms with Gasteiger partial charge in [-0.3, -0.25) is 0 Å². The highest BCUT2D eigenvalue weighted by molar-refractivity contribution is 5.71. The Bertz CT molecular complexity index is 160. The fourth-order valence-corrected chi connectivity index (χ4v) is 1.92. The lowest BCUT2D eigenvalue weighted by Crippen LogP contribution is -2.36. The molecule has 0 heterocycles. The number of urea groups is 1. The SMILES string of the molecule is NCC1CCCC1CNC(N)=O. The molecule has 0 aliphatic heterocycles. The van der Waals surface area contributed by atoms with Gasteiger partial charge in [0.1, 0.15) is 0 Å². The molecule has 1 aliphatic rings. The zero-order valence-corrected chi connectivity index (χ0v) is 7.25. The molecular formula is C8H17N3O. The van der Waals surface area contributed by atoms with E-state index in [2.05, 4.69) is 5.32 Å². The van der Waals surface area contributed by atoms with Crippen molar-refractivity contribution < 1.29 is 4.79 Å². The number of amides is 2. The van der Waals surface area contributed by atoms with Crippen molar-refractivity contribution in [3.8, 4) is 0 Å². The molecule has 1 saturated carbocycles. The molecule has 0 aromatic carbocycles. The van der Waals surface area contributed by atoms with E-state index in [0.29, 0.717) is 18.4 Å². The molecule has 2 amide bonds. The Labute approximate surface area is 72.7 Å². The van der Waals surface area contributed by atoms with Crippen molar-refractivity contribution in [2.45, 2.75) is 19.3 Å². The fourth-order valence-electron chi connectivity index (χ4n) is 1.92. The first kappa shape index (κ1) is 9.32. The Morgan fingerprint density at radius 2 is 2.08 bits per heavy atom. The molecule has 0 spiro atoms. The average Bonchev–Trinajstić information content (AvgIpc) is 2.47. The van der Waals surface area contributed by atoms with Crippen LogP contribution in [0, 0.1) is 11.8 Å². The van der Waals surface area contributed by atoms with Crippen LogP contribution in [0.2, 0.25) is 0 Å². The number of primary amides is 1. The highest BCUT2D eigenvalue weighted by Crippen LogP contribution is 2.29. The van der Waals surface area contributed by atoms with Gasteiger partial charge in [0, 0.05) is 6.54 Å². The third-order valence-corrected chi connectivity index (χ3v) is 2.66. The Morgan fingerprint density at radius 3 is 2.67 bits per heavy atom. The highest BCUT2D eigenvalue weighted by atomic mass is 16.2. The van der Waals surface area contributed by atoms with Gasteiger partial charge in [0.2, 0.25) is 0 Å². The smallest absolute Gasteiger partial charge is 0.312 e. The van der Waals surface area contributed by atoms with Gasteiger partial charge in [0.25, 0.3) is 0 Å². The Balaban J connectivity index is 2.26. The Morgan fingerprint density at radius 1 is 1.42 bits per heavy atom. The van der Waals surface area contributed by atoms with Crippen LogP contribution in [0.5, 0.6) is 0 Å². The molecule has 0 aromatic heterocycles. The maximum absolute atomic E-state index is 10.4. The third kappa shape index (κ3) is 2.37. The average molecular weight is 171 g/mol. The zero-order chi connectivity index (χ0) is 8.97. The van der Waals surface area contributed by atoms with Crippen LogP contribution < -0.4 is 16.8 Å². The van der Waals surface area contributed by atoms with Crippen molar-refractivity contribution >= 4 is 6.03 Å². The lowest BCUT2D eigenvalue weighted by Gasteiger charge is -2.17. The van der Waals surface area contributed by atoms with E-state index < -0.39 is 6.03 Å². The predicted octanol–water partition coefficient (Wildman–Crippen LogP) is 0.0297. The molecule has 12 heavy (non-hydrogen) atoms. The summed E-state index contributed by atoms with van der Waals surface area (Å²) in [5.41, 5.74) is 10.6. The van der Waals surface area contributed by atoms with E-state index in [0.717, 1.165) is 6.54 Å². The summed E-state index contributed by atoms with van der Waals surface area (Å²) in [5.74, 6) is 1.12. The number of nitrogens with two attached hydrogens (primary N) is 2. The van der Waals surface area contributed by atoms with Crippen LogP contribution >= 0.6 is 0 Å². The van der Waals surface area contributed by atoms with Gasteiger partial charge in [0.05, 0.1) is 0 Å². The molecular weight excluding hydrogens is 154 g/mol. The van der Waals surface area contributed by atoms with Gasteiger partial charge in [0.15, 0.2) is 0 Å². The van der Waals surface area contributed by atoms with Crippen molar-refractivity contribution in [3.63, 3.8) is 0 Å². The van der Waals surface area contributed by atoms with Crippen molar-refractivity contribution in [1.29, 1.82) is 0 Å². The number of hydrogen-bond donors (Lipinski definition) is 3. The van der Waals surface area contributed by atoms with Crippen molar-refractivity contribution in [2.75, 3.05) is 13.1 Å². The number of hydrogen-bond acceptors (Lipinski definition) is 2. The number of carbonyl (C=O) groups excluding carboxylic acids is 1. The molecule has 1 aliphatic carbocycles. The van der Waals surface area contributed by atoms with Crippen LogP contribution in [0.25, 0.3) is 0 Å². The minimum atomic E-state index is -0.433. The van der Waals surface area contributed by atoms with E-state index >= 15 is 0 Å². The second kappa shape index (κ2) is 4.30. The van der Waals surface area contributed by atoms with Crippen LogP contribution in [0.1, 0.15) is 19.3 Å². The van der Waals surface area contributed by atoms with Gasteiger partial charge in [-0.2, -0.15) is 0 Å².